The first-order chi connectivity index (χ1) is 10.9. The first-order valence-electron chi connectivity index (χ1n) is 8.09. The molecule has 1 saturated heterocycles. The Morgan fingerprint density at radius 1 is 1.52 bits per heavy atom. The minimum absolute atomic E-state index is 0.0448. The highest BCUT2D eigenvalue weighted by molar-refractivity contribution is 5.69. The van der Waals surface area contributed by atoms with Crippen molar-refractivity contribution in [1.29, 1.82) is 0 Å². The lowest BCUT2D eigenvalue weighted by Crippen LogP contribution is -2.44. The molecule has 8 nitrogen and oxygen atoms in total. The third-order valence-corrected chi connectivity index (χ3v) is 3.61. The second-order valence-electron chi connectivity index (χ2n) is 6.80. The van der Waals surface area contributed by atoms with Gasteiger partial charge in [0.05, 0.1) is 18.8 Å². The van der Waals surface area contributed by atoms with Gasteiger partial charge in [0, 0.05) is 31.9 Å². The number of nitrogens with one attached hydrogen (secondary N) is 1. The van der Waals surface area contributed by atoms with Crippen LogP contribution in [0.2, 0.25) is 0 Å². The third kappa shape index (κ3) is 5.47. The predicted molar refractivity (Wildman–Crippen MR) is 84.8 cm³/mol. The summed E-state index contributed by atoms with van der Waals surface area (Å²) in [6, 6.07) is 0.150. The molecule has 1 amide bonds. The molecule has 130 valence electrons. The van der Waals surface area contributed by atoms with Crippen LogP contribution in [-0.2, 0) is 17.8 Å². The predicted octanol–water partition coefficient (Wildman–Crippen LogP) is 0.759. The van der Waals surface area contributed by atoms with E-state index in [1.54, 1.807) is 9.58 Å². The van der Waals surface area contributed by atoms with Gasteiger partial charge in [0.15, 0.2) is 0 Å². The number of ether oxygens (including phenoxy) is 1. The van der Waals surface area contributed by atoms with E-state index in [1.165, 1.54) is 0 Å². The van der Waals surface area contributed by atoms with Gasteiger partial charge in [-0.15, -0.1) is 5.10 Å². The van der Waals surface area contributed by atoms with Gasteiger partial charge in [-0.1, -0.05) is 5.21 Å². The van der Waals surface area contributed by atoms with Crippen molar-refractivity contribution < 1.29 is 14.6 Å². The molecule has 0 spiro atoms. The average Bonchev–Trinajstić information content (AvgIpc) is 3.07. The molecule has 0 aromatic carbocycles. The topological polar surface area (TPSA) is 92.5 Å². The average molecular weight is 325 g/mol. The maximum Gasteiger partial charge on any atom is 0.410 e. The first kappa shape index (κ1) is 17.7. The number of hydrogen-bond acceptors (Lipinski definition) is 6. The number of carbonyl (C=O) groups excluding carboxylic acids is 1. The zero-order valence-electron chi connectivity index (χ0n) is 14.2. The van der Waals surface area contributed by atoms with E-state index in [0.717, 1.165) is 25.1 Å². The molecule has 0 radical (unpaired) electrons. The number of aliphatic hydroxyl groups excluding tert-OH is 1. The molecule has 1 aromatic rings. The van der Waals surface area contributed by atoms with E-state index in [1.807, 2.05) is 27.0 Å². The highest BCUT2D eigenvalue weighted by Gasteiger charge is 2.31. The van der Waals surface area contributed by atoms with Crippen molar-refractivity contribution in [3.05, 3.63) is 11.9 Å². The summed E-state index contributed by atoms with van der Waals surface area (Å²) >= 11 is 0. The zero-order chi connectivity index (χ0) is 16.9. The summed E-state index contributed by atoms with van der Waals surface area (Å²) < 4.78 is 7.07. The van der Waals surface area contributed by atoms with Gasteiger partial charge in [-0.25, -0.2) is 9.48 Å². The van der Waals surface area contributed by atoms with Crippen LogP contribution in [0.25, 0.3) is 0 Å². The number of aromatic nitrogens is 3. The smallest absolute Gasteiger partial charge is 0.410 e. The number of nitrogens with zero attached hydrogens (tertiary/aromatic N) is 4. The Kier molecular flexibility index (Phi) is 5.95. The standard InChI is InChI=1S/C15H27N5O3/c1-15(2,3)23-14(22)20-6-4-5-13(20)10-16-9-12-11-19(7-8-21)18-17-12/h11,13,16,21H,4-10H2,1-3H3. The molecule has 0 aliphatic carbocycles. The van der Waals surface area contributed by atoms with Gasteiger partial charge < -0.3 is 20.1 Å². The Morgan fingerprint density at radius 3 is 3.00 bits per heavy atom. The summed E-state index contributed by atoms with van der Waals surface area (Å²) in [5.74, 6) is 0. The molecule has 1 fully saturated rings. The fourth-order valence-corrected chi connectivity index (χ4v) is 2.61. The quantitative estimate of drug-likeness (QED) is 0.802. The molecule has 2 heterocycles. The van der Waals surface area contributed by atoms with Crippen LogP contribution in [0, 0.1) is 0 Å². The Labute approximate surface area is 136 Å². The minimum Gasteiger partial charge on any atom is -0.444 e. The molecule has 0 saturated carbocycles. The number of likely N-dealkylation sites (tertiary alicyclic amines) is 1. The fourth-order valence-electron chi connectivity index (χ4n) is 2.61. The van der Waals surface area contributed by atoms with E-state index >= 15 is 0 Å². The van der Waals surface area contributed by atoms with Crippen molar-refractivity contribution >= 4 is 6.09 Å². The van der Waals surface area contributed by atoms with Crippen molar-refractivity contribution in [2.45, 2.75) is 58.3 Å². The number of hydrogen-bond donors (Lipinski definition) is 2. The van der Waals surface area contributed by atoms with Crippen LogP contribution >= 0.6 is 0 Å². The van der Waals surface area contributed by atoms with Crippen molar-refractivity contribution in [1.82, 2.24) is 25.2 Å². The number of amides is 1. The van der Waals surface area contributed by atoms with Crippen LogP contribution in [0.1, 0.15) is 39.3 Å². The molecule has 1 unspecified atom stereocenters. The maximum atomic E-state index is 12.2. The van der Waals surface area contributed by atoms with Crippen LogP contribution in [0.5, 0.6) is 0 Å². The first-order valence-corrected chi connectivity index (χ1v) is 8.09. The van der Waals surface area contributed by atoms with Gasteiger partial charge in [-0.05, 0) is 33.6 Å². The van der Waals surface area contributed by atoms with E-state index in [2.05, 4.69) is 15.6 Å². The summed E-state index contributed by atoms with van der Waals surface area (Å²) in [6.45, 7) is 8.16. The van der Waals surface area contributed by atoms with Gasteiger partial charge in [-0.3, -0.25) is 0 Å². The van der Waals surface area contributed by atoms with Gasteiger partial charge in [-0.2, -0.15) is 0 Å². The normalized spacial score (nSPS) is 18.4. The summed E-state index contributed by atoms with van der Waals surface area (Å²) in [4.78, 5) is 14.0. The second-order valence-corrected chi connectivity index (χ2v) is 6.80. The Bertz CT molecular complexity index is 511. The summed E-state index contributed by atoms with van der Waals surface area (Å²) in [5, 5.41) is 20.1. The number of aliphatic hydroxyl groups is 1. The van der Waals surface area contributed by atoms with Gasteiger partial charge in [0.1, 0.15) is 5.60 Å². The van der Waals surface area contributed by atoms with Crippen LogP contribution < -0.4 is 5.32 Å². The van der Waals surface area contributed by atoms with E-state index in [0.29, 0.717) is 19.6 Å². The lowest BCUT2D eigenvalue weighted by molar-refractivity contribution is 0.0226. The fraction of sp³-hybridized carbons (Fsp3) is 0.800. The molecular formula is C15H27N5O3. The van der Waals surface area contributed by atoms with Crippen LogP contribution in [0.3, 0.4) is 0 Å². The lowest BCUT2D eigenvalue weighted by Gasteiger charge is -2.28. The second kappa shape index (κ2) is 7.74. The zero-order valence-corrected chi connectivity index (χ0v) is 14.2. The molecule has 1 aromatic heterocycles. The molecule has 8 heteroatoms. The minimum atomic E-state index is -0.469. The molecule has 1 atom stereocenters. The Morgan fingerprint density at radius 2 is 2.30 bits per heavy atom. The molecule has 23 heavy (non-hydrogen) atoms. The third-order valence-electron chi connectivity index (χ3n) is 3.61. The van der Waals surface area contributed by atoms with E-state index < -0.39 is 5.60 Å². The summed E-state index contributed by atoms with van der Waals surface area (Å²) in [7, 11) is 0. The van der Waals surface area contributed by atoms with Crippen molar-refractivity contribution in [2.24, 2.45) is 0 Å². The lowest BCUT2D eigenvalue weighted by atomic mass is 10.2. The number of carbonyl (C=O) groups is 1. The highest BCUT2D eigenvalue weighted by Crippen LogP contribution is 2.20. The van der Waals surface area contributed by atoms with E-state index in [9.17, 15) is 4.79 Å². The van der Waals surface area contributed by atoms with Gasteiger partial charge >= 0.3 is 6.09 Å². The van der Waals surface area contributed by atoms with Gasteiger partial charge in [0.25, 0.3) is 0 Å². The Hall–Kier alpha value is -1.67. The molecule has 1 aliphatic rings. The molecule has 2 N–H and O–H groups in total. The summed E-state index contributed by atoms with van der Waals surface area (Å²) in [6.07, 6.45) is 3.54. The maximum absolute atomic E-state index is 12.2. The largest absolute Gasteiger partial charge is 0.444 e. The molecule has 2 rings (SSSR count). The molecular weight excluding hydrogens is 298 g/mol. The van der Waals surface area contributed by atoms with Crippen molar-refractivity contribution in [3.8, 4) is 0 Å². The van der Waals surface area contributed by atoms with Crippen LogP contribution in [-0.4, -0.2) is 62.4 Å². The summed E-state index contributed by atoms with van der Waals surface area (Å²) in [5.41, 5.74) is 0.350. The number of rotatable bonds is 6. The van der Waals surface area contributed by atoms with Crippen LogP contribution in [0.15, 0.2) is 6.20 Å². The van der Waals surface area contributed by atoms with Crippen molar-refractivity contribution in [2.75, 3.05) is 19.7 Å². The van der Waals surface area contributed by atoms with Gasteiger partial charge in [0.2, 0.25) is 0 Å². The Balaban J connectivity index is 1.78. The van der Waals surface area contributed by atoms with E-state index in [-0.39, 0.29) is 18.7 Å². The monoisotopic (exact) mass is 325 g/mol. The van der Waals surface area contributed by atoms with Crippen LogP contribution in [0.4, 0.5) is 4.79 Å². The van der Waals surface area contributed by atoms with E-state index in [4.69, 9.17) is 9.84 Å². The van der Waals surface area contributed by atoms with Crippen molar-refractivity contribution in [3.63, 3.8) is 0 Å². The molecule has 1 aliphatic heterocycles. The SMILES string of the molecule is CC(C)(C)OC(=O)N1CCCC1CNCc1cn(CCO)nn1. The molecule has 0 bridgehead atoms. The highest BCUT2D eigenvalue weighted by atomic mass is 16.6.